The highest BCUT2D eigenvalue weighted by Crippen LogP contribution is 2.18. The quantitative estimate of drug-likeness (QED) is 0.769. The van der Waals surface area contributed by atoms with Gasteiger partial charge in [0, 0.05) is 56.3 Å². The highest BCUT2D eigenvalue weighted by Gasteiger charge is 2.23. The lowest BCUT2D eigenvalue weighted by Crippen LogP contribution is -2.49. The molecular weight excluding hydrogens is 362 g/mol. The number of amides is 2. The number of rotatable bonds is 6. The predicted molar refractivity (Wildman–Crippen MR) is 104 cm³/mol. The fourth-order valence-corrected chi connectivity index (χ4v) is 3.64. The second-order valence-corrected chi connectivity index (χ2v) is 7.01. The van der Waals surface area contributed by atoms with Crippen LogP contribution in [0.1, 0.15) is 28.8 Å². The summed E-state index contributed by atoms with van der Waals surface area (Å²) in [4.78, 5) is 32.4. The van der Waals surface area contributed by atoms with Gasteiger partial charge in [0.25, 0.3) is 5.91 Å². The number of hydrogen-bond acceptors (Lipinski definition) is 6. The molecule has 0 bridgehead atoms. The Labute approximate surface area is 162 Å². The van der Waals surface area contributed by atoms with Crippen LogP contribution >= 0.6 is 11.3 Å². The molecule has 1 saturated heterocycles. The summed E-state index contributed by atoms with van der Waals surface area (Å²) in [7, 11) is 0. The Morgan fingerprint density at radius 1 is 1.26 bits per heavy atom. The average Bonchev–Trinajstić information content (AvgIpc) is 3.26. The number of hydrogen-bond donors (Lipinski definition) is 1. The number of pyridine rings is 1. The first-order valence-electron chi connectivity index (χ1n) is 8.87. The minimum absolute atomic E-state index is 0.0963. The van der Waals surface area contributed by atoms with Crippen molar-refractivity contribution in [1.29, 1.82) is 5.26 Å². The molecule has 1 fully saturated rings. The number of carbonyl (C=O) groups excluding carboxylic acids is 2. The Balaban J connectivity index is 1.40. The highest BCUT2D eigenvalue weighted by atomic mass is 32.1. The maximum absolute atomic E-state index is 12.4. The summed E-state index contributed by atoms with van der Waals surface area (Å²) in [6, 6.07) is 7.45. The van der Waals surface area contributed by atoms with Gasteiger partial charge in [-0.1, -0.05) is 0 Å². The highest BCUT2D eigenvalue weighted by molar-refractivity contribution is 7.08. The normalized spacial score (nSPS) is 13.9. The summed E-state index contributed by atoms with van der Waals surface area (Å²) in [6.45, 7) is 3.03. The van der Waals surface area contributed by atoms with Gasteiger partial charge >= 0.3 is 0 Å². The number of carbonyl (C=O) groups is 2. The summed E-state index contributed by atoms with van der Waals surface area (Å²) >= 11 is 1.48. The molecule has 0 unspecified atom stereocenters. The van der Waals surface area contributed by atoms with Crippen LogP contribution in [0.4, 0.5) is 5.82 Å². The van der Waals surface area contributed by atoms with Crippen molar-refractivity contribution in [1.82, 2.24) is 15.2 Å². The monoisotopic (exact) mass is 383 g/mol. The molecule has 2 aromatic rings. The van der Waals surface area contributed by atoms with E-state index in [9.17, 15) is 14.9 Å². The van der Waals surface area contributed by atoms with Crippen LogP contribution in [-0.2, 0) is 4.79 Å². The van der Waals surface area contributed by atoms with Crippen LogP contribution < -0.4 is 10.2 Å². The van der Waals surface area contributed by atoms with E-state index in [1.807, 2.05) is 15.2 Å². The van der Waals surface area contributed by atoms with Gasteiger partial charge in [0.1, 0.15) is 11.9 Å². The van der Waals surface area contributed by atoms with Crippen LogP contribution in [-0.4, -0.2) is 54.4 Å². The Morgan fingerprint density at radius 3 is 2.78 bits per heavy atom. The lowest BCUT2D eigenvalue weighted by Gasteiger charge is -2.35. The van der Waals surface area contributed by atoms with Gasteiger partial charge in [0.2, 0.25) is 5.91 Å². The minimum Gasteiger partial charge on any atom is -0.352 e. The zero-order chi connectivity index (χ0) is 19.1. The molecule has 8 heteroatoms. The summed E-state index contributed by atoms with van der Waals surface area (Å²) < 4.78 is 0. The number of piperazine rings is 1. The van der Waals surface area contributed by atoms with Gasteiger partial charge in [-0.2, -0.15) is 16.6 Å². The third-order valence-electron chi connectivity index (χ3n) is 4.48. The molecule has 1 aliphatic rings. The van der Waals surface area contributed by atoms with Gasteiger partial charge in [-0.05, 0) is 30.0 Å². The molecule has 2 amide bonds. The van der Waals surface area contributed by atoms with Crippen molar-refractivity contribution in [3.8, 4) is 6.07 Å². The molecule has 0 saturated carbocycles. The summed E-state index contributed by atoms with van der Waals surface area (Å²) in [6.07, 6.45) is 2.71. The largest absolute Gasteiger partial charge is 0.352 e. The Morgan fingerprint density at radius 2 is 2.07 bits per heavy atom. The van der Waals surface area contributed by atoms with Gasteiger partial charge in [0.05, 0.1) is 5.56 Å². The summed E-state index contributed by atoms with van der Waals surface area (Å²) in [5, 5.41) is 15.7. The first-order chi connectivity index (χ1) is 13.2. The molecule has 0 spiro atoms. The molecule has 0 aromatic carbocycles. The average molecular weight is 383 g/mol. The lowest BCUT2D eigenvalue weighted by atomic mass is 10.2. The zero-order valence-corrected chi connectivity index (χ0v) is 15.7. The molecule has 1 N–H and O–H groups in total. The van der Waals surface area contributed by atoms with Crippen molar-refractivity contribution in [3.05, 3.63) is 46.3 Å². The van der Waals surface area contributed by atoms with E-state index in [2.05, 4.69) is 16.4 Å². The summed E-state index contributed by atoms with van der Waals surface area (Å²) in [5.41, 5.74) is 1.22. The van der Waals surface area contributed by atoms with E-state index in [1.54, 1.807) is 29.8 Å². The molecule has 0 radical (unpaired) electrons. The van der Waals surface area contributed by atoms with Crippen molar-refractivity contribution < 1.29 is 9.59 Å². The second kappa shape index (κ2) is 9.14. The van der Waals surface area contributed by atoms with E-state index in [-0.39, 0.29) is 11.8 Å². The van der Waals surface area contributed by atoms with E-state index < -0.39 is 0 Å². The third-order valence-corrected chi connectivity index (χ3v) is 5.16. The first kappa shape index (κ1) is 18.9. The third kappa shape index (κ3) is 4.83. The van der Waals surface area contributed by atoms with Crippen LogP contribution in [0, 0.1) is 11.3 Å². The molecule has 0 atom stereocenters. The topological polar surface area (TPSA) is 89.3 Å². The molecular formula is C19H21N5O2S. The number of anilines is 1. The standard InChI is InChI=1S/C19H21N5O2S/c20-13-15-3-1-6-21-18(15)24-10-8-23(9-11-24)17(25)4-2-7-22-19(26)16-5-12-27-14-16/h1,3,5-6,12,14H,2,4,7-11H2,(H,22,26). The predicted octanol–water partition coefficient (Wildman–Crippen LogP) is 1.87. The molecule has 140 valence electrons. The van der Waals surface area contributed by atoms with E-state index in [4.69, 9.17) is 0 Å². The van der Waals surface area contributed by atoms with Crippen LogP contribution in [0.5, 0.6) is 0 Å². The van der Waals surface area contributed by atoms with Crippen molar-refractivity contribution in [2.45, 2.75) is 12.8 Å². The van der Waals surface area contributed by atoms with Crippen molar-refractivity contribution in [2.75, 3.05) is 37.6 Å². The van der Waals surface area contributed by atoms with Gasteiger partial charge in [-0.15, -0.1) is 0 Å². The number of nitrogens with zero attached hydrogens (tertiary/aromatic N) is 4. The Hall–Kier alpha value is -2.92. The molecule has 7 nitrogen and oxygen atoms in total. The maximum Gasteiger partial charge on any atom is 0.252 e. The molecule has 1 aliphatic heterocycles. The second-order valence-electron chi connectivity index (χ2n) is 6.23. The summed E-state index contributed by atoms with van der Waals surface area (Å²) in [5.74, 6) is 0.685. The van der Waals surface area contributed by atoms with Crippen LogP contribution in [0.25, 0.3) is 0 Å². The Bertz CT molecular complexity index is 823. The van der Waals surface area contributed by atoms with Gasteiger partial charge in [-0.3, -0.25) is 9.59 Å². The van der Waals surface area contributed by atoms with Crippen molar-refractivity contribution >= 4 is 29.0 Å². The Kier molecular flexibility index (Phi) is 6.39. The first-order valence-corrected chi connectivity index (χ1v) is 9.81. The molecule has 2 aromatic heterocycles. The SMILES string of the molecule is N#Cc1cccnc1N1CCN(C(=O)CCCNC(=O)c2ccsc2)CC1. The molecule has 3 heterocycles. The lowest BCUT2D eigenvalue weighted by molar-refractivity contribution is -0.131. The number of nitrogens with one attached hydrogen (secondary N) is 1. The van der Waals surface area contributed by atoms with Crippen LogP contribution in [0.15, 0.2) is 35.2 Å². The van der Waals surface area contributed by atoms with Crippen LogP contribution in [0.3, 0.4) is 0 Å². The van der Waals surface area contributed by atoms with Gasteiger partial charge < -0.3 is 15.1 Å². The van der Waals surface area contributed by atoms with E-state index >= 15 is 0 Å². The molecule has 27 heavy (non-hydrogen) atoms. The minimum atomic E-state index is -0.0963. The number of thiophene rings is 1. The van der Waals surface area contributed by atoms with E-state index in [0.29, 0.717) is 62.5 Å². The smallest absolute Gasteiger partial charge is 0.252 e. The molecule has 3 rings (SSSR count). The van der Waals surface area contributed by atoms with Crippen molar-refractivity contribution in [3.63, 3.8) is 0 Å². The fraction of sp³-hybridized carbons (Fsp3) is 0.368. The number of nitriles is 1. The zero-order valence-electron chi connectivity index (χ0n) is 14.9. The van der Waals surface area contributed by atoms with Gasteiger partial charge in [0.15, 0.2) is 0 Å². The van der Waals surface area contributed by atoms with E-state index in [0.717, 1.165) is 0 Å². The fourth-order valence-electron chi connectivity index (χ4n) is 3.00. The maximum atomic E-state index is 12.4. The number of aromatic nitrogens is 1. The van der Waals surface area contributed by atoms with Crippen LogP contribution in [0.2, 0.25) is 0 Å². The van der Waals surface area contributed by atoms with E-state index in [1.165, 1.54) is 11.3 Å². The van der Waals surface area contributed by atoms with Crippen molar-refractivity contribution in [2.24, 2.45) is 0 Å². The molecule has 0 aliphatic carbocycles. The van der Waals surface area contributed by atoms with Gasteiger partial charge in [-0.25, -0.2) is 4.98 Å².